The molecular formula is C22H23NO5. The van der Waals surface area contributed by atoms with Crippen LogP contribution in [-0.4, -0.2) is 33.3 Å². The molecule has 146 valence electrons. The Bertz CT molecular complexity index is 1030. The van der Waals surface area contributed by atoms with Crippen LogP contribution in [0.5, 0.6) is 5.75 Å². The molecule has 3 rings (SSSR count). The molecule has 1 heterocycles. The number of aromatic hydroxyl groups is 1. The van der Waals surface area contributed by atoms with Gasteiger partial charge in [-0.1, -0.05) is 26.0 Å². The van der Waals surface area contributed by atoms with Crippen molar-refractivity contribution in [2.45, 2.75) is 33.1 Å². The van der Waals surface area contributed by atoms with Crippen LogP contribution in [0.2, 0.25) is 0 Å². The van der Waals surface area contributed by atoms with Gasteiger partial charge in [-0.15, -0.1) is 0 Å². The molecule has 2 N–H and O–H groups in total. The predicted octanol–water partition coefficient (Wildman–Crippen LogP) is 4.26. The van der Waals surface area contributed by atoms with Gasteiger partial charge in [0.2, 0.25) is 0 Å². The molecule has 0 amide bonds. The summed E-state index contributed by atoms with van der Waals surface area (Å²) in [6.45, 7) is 6.11. The predicted molar refractivity (Wildman–Crippen MR) is 106 cm³/mol. The Morgan fingerprint density at radius 2 is 1.79 bits per heavy atom. The van der Waals surface area contributed by atoms with Gasteiger partial charge < -0.3 is 19.5 Å². The van der Waals surface area contributed by atoms with Gasteiger partial charge in [-0.3, -0.25) is 4.79 Å². The molecule has 0 radical (unpaired) electrons. The molecule has 0 spiro atoms. The highest BCUT2D eigenvalue weighted by molar-refractivity contribution is 6.07. The largest absolute Gasteiger partial charge is 0.508 e. The lowest BCUT2D eigenvalue weighted by atomic mass is 10.0. The number of aromatic nitrogens is 1. The highest BCUT2D eigenvalue weighted by Crippen LogP contribution is 2.33. The van der Waals surface area contributed by atoms with Gasteiger partial charge in [-0.2, -0.15) is 0 Å². The number of ether oxygens (including phenoxy) is 1. The third-order valence-electron chi connectivity index (χ3n) is 4.70. The number of phenolic OH excluding ortho intramolecular Hbond substituents is 1. The number of rotatable bonds is 6. The molecule has 28 heavy (non-hydrogen) atoms. The second-order valence-corrected chi connectivity index (χ2v) is 6.89. The first-order valence-corrected chi connectivity index (χ1v) is 9.19. The van der Waals surface area contributed by atoms with E-state index >= 15 is 0 Å². The third-order valence-corrected chi connectivity index (χ3v) is 4.70. The van der Waals surface area contributed by atoms with E-state index in [1.165, 1.54) is 12.1 Å². The van der Waals surface area contributed by atoms with Crippen LogP contribution in [0.25, 0.3) is 16.6 Å². The van der Waals surface area contributed by atoms with Gasteiger partial charge in [0.15, 0.2) is 0 Å². The Labute approximate surface area is 163 Å². The van der Waals surface area contributed by atoms with E-state index in [2.05, 4.69) is 13.8 Å². The van der Waals surface area contributed by atoms with E-state index in [1.54, 1.807) is 17.6 Å². The summed E-state index contributed by atoms with van der Waals surface area (Å²) >= 11 is 0. The lowest BCUT2D eigenvalue weighted by Crippen LogP contribution is -2.14. The first-order valence-electron chi connectivity index (χ1n) is 9.19. The summed E-state index contributed by atoms with van der Waals surface area (Å²) < 4.78 is 6.80. The zero-order valence-corrected chi connectivity index (χ0v) is 16.1. The number of esters is 1. The number of carbonyl (C=O) groups excluding carboxylic acids is 1. The fourth-order valence-corrected chi connectivity index (χ4v) is 3.39. The molecule has 0 fully saturated rings. The van der Waals surface area contributed by atoms with Gasteiger partial charge in [0.25, 0.3) is 0 Å². The lowest BCUT2D eigenvalue weighted by Gasteiger charge is -2.13. The number of phenols is 1. The molecule has 0 aliphatic carbocycles. The average Bonchev–Trinajstić information content (AvgIpc) is 2.94. The molecule has 0 aliphatic heterocycles. The number of benzene rings is 2. The standard InChI is InChI=1S/C22H23NO5/c1-4-28-20(25)12-19-21(22(26)27)17-11-16(24)9-10-18(17)23(19)15-7-5-14(6-8-15)13(2)3/h5-11,13,24H,4,12H2,1-3H3,(H,26,27). The molecule has 3 aromatic rings. The average molecular weight is 381 g/mol. The van der Waals surface area contributed by atoms with Crippen LogP contribution in [0.3, 0.4) is 0 Å². The molecule has 0 aliphatic rings. The Kier molecular flexibility index (Phi) is 5.40. The van der Waals surface area contributed by atoms with Crippen molar-refractivity contribution in [3.8, 4) is 11.4 Å². The molecule has 0 bridgehead atoms. The molecule has 0 saturated heterocycles. The van der Waals surface area contributed by atoms with E-state index in [1.807, 2.05) is 24.3 Å². The Balaban J connectivity index is 2.29. The third kappa shape index (κ3) is 3.58. The minimum Gasteiger partial charge on any atom is -0.508 e. The second kappa shape index (κ2) is 7.76. The maximum absolute atomic E-state index is 12.2. The van der Waals surface area contributed by atoms with Gasteiger partial charge in [0.05, 0.1) is 24.1 Å². The summed E-state index contributed by atoms with van der Waals surface area (Å²) in [6, 6.07) is 12.3. The van der Waals surface area contributed by atoms with E-state index < -0.39 is 11.9 Å². The summed E-state index contributed by atoms with van der Waals surface area (Å²) in [5.41, 5.74) is 2.82. The van der Waals surface area contributed by atoms with Crippen molar-refractivity contribution in [2.75, 3.05) is 6.61 Å². The highest BCUT2D eigenvalue weighted by atomic mass is 16.5. The zero-order chi connectivity index (χ0) is 20.4. The molecule has 2 aromatic carbocycles. The number of hydrogen-bond acceptors (Lipinski definition) is 4. The van der Waals surface area contributed by atoms with E-state index in [0.29, 0.717) is 22.5 Å². The number of carboxylic acids is 1. The smallest absolute Gasteiger partial charge is 0.338 e. The summed E-state index contributed by atoms with van der Waals surface area (Å²) in [5.74, 6) is -1.34. The lowest BCUT2D eigenvalue weighted by molar-refractivity contribution is -0.142. The molecular weight excluding hydrogens is 358 g/mol. The molecule has 1 aromatic heterocycles. The normalized spacial score (nSPS) is 11.1. The number of fused-ring (bicyclic) bond motifs is 1. The van der Waals surface area contributed by atoms with Gasteiger partial charge in [-0.25, -0.2) is 4.79 Å². The number of carboxylic acid groups (broad SMARTS) is 1. The van der Waals surface area contributed by atoms with E-state index in [9.17, 15) is 19.8 Å². The monoisotopic (exact) mass is 381 g/mol. The summed E-state index contributed by atoms with van der Waals surface area (Å²) in [4.78, 5) is 24.2. The molecule has 0 atom stereocenters. The first-order chi connectivity index (χ1) is 13.3. The maximum atomic E-state index is 12.2. The highest BCUT2D eigenvalue weighted by Gasteiger charge is 2.25. The summed E-state index contributed by atoms with van der Waals surface area (Å²) in [5, 5.41) is 20.1. The maximum Gasteiger partial charge on any atom is 0.338 e. The SMILES string of the molecule is CCOC(=O)Cc1c(C(=O)O)c2cc(O)ccc2n1-c1ccc(C(C)C)cc1. The van der Waals surface area contributed by atoms with Crippen LogP contribution in [0.1, 0.15) is 48.3 Å². The minimum atomic E-state index is -1.16. The van der Waals surface area contributed by atoms with Crippen molar-refractivity contribution < 1.29 is 24.5 Å². The van der Waals surface area contributed by atoms with Crippen molar-refractivity contribution in [1.82, 2.24) is 4.57 Å². The fraction of sp³-hybridized carbons (Fsp3) is 0.273. The number of aromatic carboxylic acids is 1. The van der Waals surface area contributed by atoms with Crippen LogP contribution in [0.4, 0.5) is 0 Å². The van der Waals surface area contributed by atoms with Gasteiger partial charge in [-0.05, 0) is 48.7 Å². The van der Waals surface area contributed by atoms with Crippen molar-refractivity contribution in [3.05, 3.63) is 59.3 Å². The second-order valence-electron chi connectivity index (χ2n) is 6.89. The van der Waals surface area contributed by atoms with E-state index in [-0.39, 0.29) is 24.3 Å². The molecule has 0 saturated carbocycles. The molecule has 6 heteroatoms. The Morgan fingerprint density at radius 1 is 1.11 bits per heavy atom. The van der Waals surface area contributed by atoms with Gasteiger partial charge in [0, 0.05) is 16.8 Å². The van der Waals surface area contributed by atoms with Crippen LogP contribution in [0, 0.1) is 0 Å². The quantitative estimate of drug-likeness (QED) is 0.623. The molecule has 0 unspecified atom stereocenters. The number of hydrogen-bond donors (Lipinski definition) is 2. The van der Waals surface area contributed by atoms with Crippen LogP contribution in [0.15, 0.2) is 42.5 Å². The van der Waals surface area contributed by atoms with Gasteiger partial charge >= 0.3 is 11.9 Å². The minimum absolute atomic E-state index is 0.00751. The van der Waals surface area contributed by atoms with Crippen LogP contribution >= 0.6 is 0 Å². The van der Waals surface area contributed by atoms with E-state index in [4.69, 9.17) is 4.74 Å². The van der Waals surface area contributed by atoms with E-state index in [0.717, 1.165) is 11.3 Å². The van der Waals surface area contributed by atoms with Crippen molar-refractivity contribution in [1.29, 1.82) is 0 Å². The topological polar surface area (TPSA) is 88.8 Å². The number of carbonyl (C=O) groups is 2. The van der Waals surface area contributed by atoms with Crippen molar-refractivity contribution >= 4 is 22.8 Å². The Morgan fingerprint density at radius 3 is 2.36 bits per heavy atom. The molecule has 6 nitrogen and oxygen atoms in total. The van der Waals surface area contributed by atoms with Gasteiger partial charge in [0.1, 0.15) is 5.75 Å². The summed E-state index contributed by atoms with van der Waals surface area (Å²) in [7, 11) is 0. The summed E-state index contributed by atoms with van der Waals surface area (Å²) in [6.07, 6.45) is -0.184. The first kappa shape index (κ1) is 19.5. The fourth-order valence-electron chi connectivity index (χ4n) is 3.39. The zero-order valence-electron chi connectivity index (χ0n) is 16.1. The van der Waals surface area contributed by atoms with Crippen LogP contribution < -0.4 is 0 Å². The van der Waals surface area contributed by atoms with Crippen LogP contribution in [-0.2, 0) is 16.0 Å². The number of nitrogens with zero attached hydrogens (tertiary/aromatic N) is 1. The van der Waals surface area contributed by atoms with Crippen molar-refractivity contribution in [3.63, 3.8) is 0 Å². The van der Waals surface area contributed by atoms with Crippen molar-refractivity contribution in [2.24, 2.45) is 0 Å². The Hall–Kier alpha value is -3.28.